The number of hydrogen-bond acceptors (Lipinski definition) is 4. The van der Waals surface area contributed by atoms with Crippen LogP contribution in [0.25, 0.3) is 0 Å². The molecule has 2 aromatic rings. The van der Waals surface area contributed by atoms with E-state index in [-0.39, 0.29) is 24.0 Å². The van der Waals surface area contributed by atoms with E-state index < -0.39 is 0 Å². The van der Waals surface area contributed by atoms with Crippen molar-refractivity contribution in [1.29, 1.82) is 0 Å². The molecule has 0 amide bonds. The summed E-state index contributed by atoms with van der Waals surface area (Å²) in [5.41, 5.74) is 6.63. The van der Waals surface area contributed by atoms with Crippen LogP contribution >= 0.6 is 35.6 Å². The van der Waals surface area contributed by atoms with Crippen LogP contribution in [0.15, 0.2) is 47.6 Å². The zero-order valence-corrected chi connectivity index (χ0v) is 15.6. The maximum absolute atomic E-state index is 5.79. The minimum atomic E-state index is 0. The van der Waals surface area contributed by atoms with Gasteiger partial charge in [0.25, 0.3) is 0 Å². The number of anilines is 1. The van der Waals surface area contributed by atoms with Gasteiger partial charge in [0.05, 0.1) is 18.7 Å². The van der Waals surface area contributed by atoms with Crippen molar-refractivity contribution >= 4 is 47.2 Å². The second kappa shape index (κ2) is 10.1. The van der Waals surface area contributed by atoms with Crippen molar-refractivity contribution in [2.75, 3.05) is 25.6 Å². The predicted octanol–water partition coefficient (Wildman–Crippen LogP) is 3.17. The summed E-state index contributed by atoms with van der Waals surface area (Å²) in [4.78, 5) is 8.19. The average Bonchev–Trinajstić information content (AvgIpc) is 2.54. The van der Waals surface area contributed by atoms with Crippen LogP contribution in [0, 0.1) is 0 Å². The van der Waals surface area contributed by atoms with E-state index in [9.17, 15) is 0 Å². The van der Waals surface area contributed by atoms with E-state index in [0.29, 0.717) is 30.0 Å². The average molecular weight is 449 g/mol. The van der Waals surface area contributed by atoms with Crippen LogP contribution in [0.4, 0.5) is 5.69 Å². The van der Waals surface area contributed by atoms with Gasteiger partial charge in [-0.25, -0.2) is 9.98 Å². The second-order valence-corrected chi connectivity index (χ2v) is 4.72. The molecule has 8 heteroatoms. The molecular formula is C15H18ClIN4O2. The summed E-state index contributed by atoms with van der Waals surface area (Å²) >= 11 is 5.74. The van der Waals surface area contributed by atoms with Crippen LogP contribution in [0.1, 0.15) is 0 Å². The number of hydrogen-bond donors (Lipinski definition) is 2. The molecule has 0 bridgehead atoms. The summed E-state index contributed by atoms with van der Waals surface area (Å²) < 4.78 is 10.5. The van der Waals surface area contributed by atoms with Gasteiger partial charge in [-0.2, -0.15) is 0 Å². The Morgan fingerprint density at radius 1 is 1.26 bits per heavy atom. The van der Waals surface area contributed by atoms with Crippen molar-refractivity contribution in [2.24, 2.45) is 10.7 Å². The van der Waals surface area contributed by atoms with Gasteiger partial charge >= 0.3 is 0 Å². The Morgan fingerprint density at radius 3 is 2.61 bits per heavy atom. The summed E-state index contributed by atoms with van der Waals surface area (Å²) in [5, 5.41) is 3.55. The first-order chi connectivity index (χ1) is 10.7. The number of nitrogens with two attached hydrogens (primary N) is 1. The highest BCUT2D eigenvalue weighted by atomic mass is 127. The number of aliphatic imine (C=N–C) groups is 1. The molecule has 0 saturated carbocycles. The fourth-order valence-electron chi connectivity index (χ4n) is 1.63. The highest BCUT2D eigenvalue weighted by Crippen LogP contribution is 2.14. The first-order valence-electron chi connectivity index (χ1n) is 6.63. The Bertz CT molecular complexity index is 620. The number of pyridine rings is 1. The molecule has 1 heterocycles. The minimum Gasteiger partial charge on any atom is -0.497 e. The van der Waals surface area contributed by atoms with Crippen LogP contribution in [-0.4, -0.2) is 31.2 Å². The molecule has 0 fully saturated rings. The predicted molar refractivity (Wildman–Crippen MR) is 103 cm³/mol. The molecular weight excluding hydrogens is 431 g/mol. The molecule has 3 N–H and O–H groups in total. The van der Waals surface area contributed by atoms with E-state index in [1.165, 1.54) is 6.20 Å². The molecule has 0 saturated heterocycles. The number of methoxy groups -OCH3 is 1. The molecule has 0 aliphatic carbocycles. The third kappa shape index (κ3) is 6.91. The Hall–Kier alpha value is -1.74. The molecule has 0 unspecified atom stereocenters. The number of aromatic nitrogens is 1. The van der Waals surface area contributed by atoms with Crippen LogP contribution in [0.5, 0.6) is 11.6 Å². The summed E-state index contributed by atoms with van der Waals surface area (Å²) in [6, 6.07) is 10.8. The van der Waals surface area contributed by atoms with Crippen molar-refractivity contribution in [3.8, 4) is 11.6 Å². The fourth-order valence-corrected chi connectivity index (χ4v) is 1.74. The fraction of sp³-hybridized carbons (Fsp3) is 0.200. The van der Waals surface area contributed by atoms with Gasteiger partial charge in [0.2, 0.25) is 5.88 Å². The SMILES string of the molecule is COc1ccc(NC(N)=NCCOc2ccc(Cl)cn2)cc1.I. The van der Waals surface area contributed by atoms with Crippen molar-refractivity contribution in [1.82, 2.24) is 4.98 Å². The maximum atomic E-state index is 5.79. The van der Waals surface area contributed by atoms with E-state index in [4.69, 9.17) is 26.8 Å². The van der Waals surface area contributed by atoms with Crippen LogP contribution in [-0.2, 0) is 0 Å². The molecule has 0 spiro atoms. The highest BCUT2D eigenvalue weighted by molar-refractivity contribution is 14.0. The number of nitrogens with zero attached hydrogens (tertiary/aromatic N) is 2. The number of halogens is 2. The molecule has 0 radical (unpaired) electrons. The van der Waals surface area contributed by atoms with Gasteiger partial charge in [-0.3, -0.25) is 0 Å². The van der Waals surface area contributed by atoms with E-state index in [0.717, 1.165) is 11.4 Å². The molecule has 0 aliphatic heterocycles. The lowest BCUT2D eigenvalue weighted by Crippen LogP contribution is -2.23. The lowest BCUT2D eigenvalue weighted by Gasteiger charge is -2.07. The molecule has 124 valence electrons. The van der Waals surface area contributed by atoms with Gasteiger partial charge < -0.3 is 20.5 Å². The van der Waals surface area contributed by atoms with Crippen molar-refractivity contribution in [3.63, 3.8) is 0 Å². The van der Waals surface area contributed by atoms with Gasteiger partial charge in [-0.1, -0.05) is 11.6 Å². The van der Waals surface area contributed by atoms with Gasteiger partial charge in [0.1, 0.15) is 12.4 Å². The lowest BCUT2D eigenvalue weighted by atomic mass is 10.3. The van der Waals surface area contributed by atoms with Crippen molar-refractivity contribution < 1.29 is 9.47 Å². The van der Waals surface area contributed by atoms with Crippen LogP contribution in [0.3, 0.4) is 0 Å². The molecule has 0 aliphatic rings. The highest BCUT2D eigenvalue weighted by Gasteiger charge is 1.97. The standard InChI is InChI=1S/C15H17ClN4O2.HI/c1-21-13-5-3-12(4-6-13)20-15(17)18-8-9-22-14-7-2-11(16)10-19-14;/h2-7,10H,8-9H2,1H3,(H3,17,18,20);1H. The van der Waals surface area contributed by atoms with Crippen molar-refractivity contribution in [2.45, 2.75) is 0 Å². The summed E-state index contributed by atoms with van der Waals surface area (Å²) in [5.74, 6) is 1.60. The van der Waals surface area contributed by atoms with E-state index >= 15 is 0 Å². The quantitative estimate of drug-likeness (QED) is 0.307. The monoisotopic (exact) mass is 448 g/mol. The third-order valence-electron chi connectivity index (χ3n) is 2.69. The number of nitrogens with one attached hydrogen (secondary N) is 1. The molecule has 1 aromatic carbocycles. The van der Waals surface area contributed by atoms with Gasteiger partial charge in [0, 0.05) is 18.0 Å². The normalized spacial score (nSPS) is 10.6. The summed E-state index contributed by atoms with van der Waals surface area (Å²) in [6.45, 7) is 0.791. The summed E-state index contributed by atoms with van der Waals surface area (Å²) in [7, 11) is 1.62. The Labute approximate surface area is 157 Å². The van der Waals surface area contributed by atoms with Gasteiger partial charge in [-0.05, 0) is 30.3 Å². The number of benzene rings is 1. The summed E-state index contributed by atoms with van der Waals surface area (Å²) in [6.07, 6.45) is 1.53. The van der Waals surface area contributed by atoms with Crippen LogP contribution in [0.2, 0.25) is 5.02 Å². The molecule has 2 rings (SSSR count). The number of guanidine groups is 1. The van der Waals surface area contributed by atoms with Crippen LogP contribution < -0.4 is 20.5 Å². The minimum absolute atomic E-state index is 0. The number of ether oxygens (including phenoxy) is 2. The first-order valence-corrected chi connectivity index (χ1v) is 7.00. The zero-order valence-electron chi connectivity index (χ0n) is 12.5. The van der Waals surface area contributed by atoms with E-state index in [2.05, 4.69) is 15.3 Å². The Kier molecular flexibility index (Phi) is 8.49. The van der Waals surface area contributed by atoms with Gasteiger partial charge in [0.15, 0.2) is 5.96 Å². The largest absolute Gasteiger partial charge is 0.497 e. The third-order valence-corrected chi connectivity index (χ3v) is 2.91. The van der Waals surface area contributed by atoms with E-state index in [1.807, 2.05) is 24.3 Å². The molecule has 23 heavy (non-hydrogen) atoms. The molecule has 0 atom stereocenters. The maximum Gasteiger partial charge on any atom is 0.213 e. The van der Waals surface area contributed by atoms with Gasteiger partial charge in [-0.15, -0.1) is 24.0 Å². The Balaban J connectivity index is 0.00000264. The first kappa shape index (κ1) is 19.3. The smallest absolute Gasteiger partial charge is 0.213 e. The van der Waals surface area contributed by atoms with Crippen molar-refractivity contribution in [3.05, 3.63) is 47.6 Å². The second-order valence-electron chi connectivity index (χ2n) is 4.28. The topological polar surface area (TPSA) is 81.8 Å². The van der Waals surface area contributed by atoms with E-state index in [1.54, 1.807) is 19.2 Å². The zero-order chi connectivity index (χ0) is 15.8. The Morgan fingerprint density at radius 2 is 2.00 bits per heavy atom. The lowest BCUT2D eigenvalue weighted by molar-refractivity contribution is 0.316. The molecule has 1 aromatic heterocycles. The number of rotatable bonds is 6. The molecule has 6 nitrogen and oxygen atoms in total.